The highest BCUT2D eigenvalue weighted by molar-refractivity contribution is 5.95. The highest BCUT2D eigenvalue weighted by Crippen LogP contribution is 2.34. The van der Waals surface area contributed by atoms with Gasteiger partial charge in [-0.05, 0) is 42.0 Å². The molecule has 7 nitrogen and oxygen atoms in total. The number of likely N-dealkylation sites (tertiary alicyclic amines) is 1. The highest BCUT2D eigenvalue weighted by Gasteiger charge is 2.40. The van der Waals surface area contributed by atoms with Gasteiger partial charge in [0.1, 0.15) is 11.5 Å². The maximum atomic E-state index is 13.1. The van der Waals surface area contributed by atoms with Crippen LogP contribution in [0.2, 0.25) is 0 Å². The van der Waals surface area contributed by atoms with E-state index in [1.54, 1.807) is 50.5 Å². The normalized spacial score (nSPS) is 18.2. The van der Waals surface area contributed by atoms with Crippen molar-refractivity contribution in [1.29, 1.82) is 0 Å². The first kappa shape index (κ1) is 21.6. The van der Waals surface area contributed by atoms with Crippen molar-refractivity contribution in [3.05, 3.63) is 59.7 Å². The van der Waals surface area contributed by atoms with Gasteiger partial charge in [-0.15, -0.1) is 0 Å². The second kappa shape index (κ2) is 10.1. The monoisotopic (exact) mass is 412 g/mol. The molecular formula is C23H28N2O5. The smallest absolute Gasteiger partial charge is 0.253 e. The van der Waals surface area contributed by atoms with Crippen molar-refractivity contribution in [2.45, 2.75) is 5.92 Å². The summed E-state index contributed by atoms with van der Waals surface area (Å²) in [5.41, 5.74) is 1.58. The van der Waals surface area contributed by atoms with E-state index in [0.717, 1.165) is 11.3 Å². The lowest BCUT2D eigenvalue weighted by molar-refractivity contribution is -0.125. The third-order valence-electron chi connectivity index (χ3n) is 5.43. The van der Waals surface area contributed by atoms with Gasteiger partial charge >= 0.3 is 0 Å². The Balaban J connectivity index is 1.80. The second-order valence-corrected chi connectivity index (χ2v) is 7.21. The molecule has 0 saturated carbocycles. The van der Waals surface area contributed by atoms with E-state index in [9.17, 15) is 9.59 Å². The zero-order valence-electron chi connectivity index (χ0n) is 17.6. The first-order valence-electron chi connectivity index (χ1n) is 9.91. The van der Waals surface area contributed by atoms with Gasteiger partial charge in [0.15, 0.2) is 0 Å². The number of nitrogens with zero attached hydrogens (tertiary/aromatic N) is 1. The summed E-state index contributed by atoms with van der Waals surface area (Å²) >= 11 is 0. The SMILES string of the molecule is COCCNC(=O)[C@H]1CN(C(=O)c2ccc(OC)cc2)C[C@H]1c1ccc(OC)cc1. The Morgan fingerprint density at radius 1 is 0.933 bits per heavy atom. The first-order valence-corrected chi connectivity index (χ1v) is 9.91. The molecule has 1 fully saturated rings. The van der Waals surface area contributed by atoms with Gasteiger partial charge < -0.3 is 24.4 Å². The van der Waals surface area contributed by atoms with Gasteiger partial charge in [-0.2, -0.15) is 0 Å². The predicted molar refractivity (Wildman–Crippen MR) is 113 cm³/mol. The van der Waals surface area contributed by atoms with Gasteiger partial charge in [0, 0.05) is 38.2 Å². The number of hydrogen-bond donors (Lipinski definition) is 1. The van der Waals surface area contributed by atoms with E-state index in [-0.39, 0.29) is 23.7 Å². The van der Waals surface area contributed by atoms with E-state index >= 15 is 0 Å². The number of benzene rings is 2. The molecular weight excluding hydrogens is 384 g/mol. The number of rotatable bonds is 8. The molecule has 1 saturated heterocycles. The molecule has 2 aromatic rings. The van der Waals surface area contributed by atoms with E-state index in [4.69, 9.17) is 14.2 Å². The molecule has 0 aromatic heterocycles. The van der Waals surface area contributed by atoms with Crippen LogP contribution in [-0.4, -0.2) is 64.3 Å². The largest absolute Gasteiger partial charge is 0.497 e. The van der Waals surface area contributed by atoms with Gasteiger partial charge in [0.05, 0.1) is 26.7 Å². The standard InChI is InChI=1S/C23H28N2O5/c1-28-13-12-24-22(26)21-15-25(23(27)17-6-10-19(30-3)11-7-17)14-20(21)16-4-8-18(29-2)9-5-16/h4-11,20-21H,12-15H2,1-3H3,(H,24,26)/t20-,21-/m0/s1. The summed E-state index contributed by atoms with van der Waals surface area (Å²) in [7, 11) is 4.80. The Kier molecular flexibility index (Phi) is 7.30. The molecule has 0 spiro atoms. The van der Waals surface area contributed by atoms with Crippen LogP contribution in [0.4, 0.5) is 0 Å². The molecule has 7 heteroatoms. The van der Waals surface area contributed by atoms with Crippen LogP contribution < -0.4 is 14.8 Å². The molecule has 0 unspecified atom stereocenters. The van der Waals surface area contributed by atoms with Gasteiger partial charge in [-0.1, -0.05) is 12.1 Å². The number of ether oxygens (including phenoxy) is 3. The molecule has 0 bridgehead atoms. The average molecular weight is 412 g/mol. The summed E-state index contributed by atoms with van der Waals surface area (Å²) in [5.74, 6) is 0.850. The number of carbonyl (C=O) groups is 2. The summed E-state index contributed by atoms with van der Waals surface area (Å²) in [6.07, 6.45) is 0. The molecule has 1 aliphatic rings. The van der Waals surface area contributed by atoms with Crippen molar-refractivity contribution >= 4 is 11.8 Å². The molecule has 0 radical (unpaired) electrons. The maximum Gasteiger partial charge on any atom is 0.253 e. The Bertz CT molecular complexity index is 851. The van der Waals surface area contributed by atoms with Crippen molar-refractivity contribution in [2.75, 3.05) is 47.6 Å². The van der Waals surface area contributed by atoms with Crippen LogP contribution in [0.15, 0.2) is 48.5 Å². The lowest BCUT2D eigenvalue weighted by Crippen LogP contribution is -2.37. The molecule has 1 aliphatic heterocycles. The number of nitrogens with one attached hydrogen (secondary N) is 1. The third-order valence-corrected chi connectivity index (χ3v) is 5.43. The van der Waals surface area contributed by atoms with Crippen LogP contribution in [-0.2, 0) is 9.53 Å². The quantitative estimate of drug-likeness (QED) is 0.674. The minimum absolute atomic E-state index is 0.0714. The highest BCUT2D eigenvalue weighted by atomic mass is 16.5. The minimum Gasteiger partial charge on any atom is -0.497 e. The Morgan fingerprint density at radius 3 is 2.10 bits per heavy atom. The lowest BCUT2D eigenvalue weighted by atomic mass is 9.88. The van der Waals surface area contributed by atoms with Gasteiger partial charge in [-0.3, -0.25) is 9.59 Å². The van der Waals surface area contributed by atoms with E-state index in [0.29, 0.717) is 37.6 Å². The van der Waals surface area contributed by atoms with Crippen LogP contribution in [0, 0.1) is 5.92 Å². The molecule has 3 rings (SSSR count). The van der Waals surface area contributed by atoms with Crippen molar-refractivity contribution < 1.29 is 23.8 Å². The summed E-state index contributed by atoms with van der Waals surface area (Å²) in [5, 5.41) is 2.92. The Labute approximate surface area is 176 Å². The van der Waals surface area contributed by atoms with Gasteiger partial charge in [0.25, 0.3) is 5.91 Å². The zero-order valence-corrected chi connectivity index (χ0v) is 17.6. The molecule has 30 heavy (non-hydrogen) atoms. The minimum atomic E-state index is -0.336. The van der Waals surface area contributed by atoms with Gasteiger partial charge in [0.2, 0.25) is 5.91 Å². The molecule has 2 aromatic carbocycles. The number of methoxy groups -OCH3 is 3. The summed E-state index contributed by atoms with van der Waals surface area (Å²) in [6.45, 7) is 1.72. The number of amides is 2. The molecule has 0 aliphatic carbocycles. The van der Waals surface area contributed by atoms with Crippen molar-refractivity contribution in [3.63, 3.8) is 0 Å². The van der Waals surface area contributed by atoms with Crippen molar-refractivity contribution in [1.82, 2.24) is 10.2 Å². The van der Waals surface area contributed by atoms with Crippen LogP contribution in [0.3, 0.4) is 0 Å². The fraction of sp³-hybridized carbons (Fsp3) is 0.391. The fourth-order valence-corrected chi connectivity index (χ4v) is 3.75. The van der Waals surface area contributed by atoms with E-state index < -0.39 is 0 Å². The molecule has 160 valence electrons. The van der Waals surface area contributed by atoms with Gasteiger partial charge in [-0.25, -0.2) is 0 Å². The predicted octanol–water partition coefficient (Wildman–Crippen LogP) is 2.32. The van der Waals surface area contributed by atoms with E-state index in [2.05, 4.69) is 5.32 Å². The topological polar surface area (TPSA) is 77.1 Å². The third kappa shape index (κ3) is 4.91. The Morgan fingerprint density at radius 2 is 1.53 bits per heavy atom. The molecule has 1 heterocycles. The average Bonchev–Trinajstić information content (AvgIpc) is 3.24. The number of hydrogen-bond acceptors (Lipinski definition) is 5. The summed E-state index contributed by atoms with van der Waals surface area (Å²) in [6, 6.07) is 14.7. The Hall–Kier alpha value is -3.06. The number of carbonyl (C=O) groups excluding carboxylic acids is 2. The molecule has 1 N–H and O–H groups in total. The zero-order chi connectivity index (χ0) is 21.5. The van der Waals surface area contributed by atoms with Crippen molar-refractivity contribution in [3.8, 4) is 11.5 Å². The maximum absolute atomic E-state index is 13.1. The molecule has 2 atom stereocenters. The van der Waals surface area contributed by atoms with Crippen molar-refractivity contribution in [2.24, 2.45) is 5.92 Å². The second-order valence-electron chi connectivity index (χ2n) is 7.21. The molecule has 2 amide bonds. The summed E-state index contributed by atoms with van der Waals surface area (Å²) < 4.78 is 15.4. The lowest BCUT2D eigenvalue weighted by Gasteiger charge is -2.18. The van der Waals surface area contributed by atoms with Crippen LogP contribution in [0.5, 0.6) is 11.5 Å². The van der Waals surface area contributed by atoms with E-state index in [1.165, 1.54) is 0 Å². The fourth-order valence-electron chi connectivity index (χ4n) is 3.75. The van der Waals surface area contributed by atoms with Crippen LogP contribution >= 0.6 is 0 Å². The summed E-state index contributed by atoms with van der Waals surface area (Å²) in [4.78, 5) is 27.7. The first-order chi connectivity index (χ1) is 14.6. The van der Waals surface area contributed by atoms with E-state index in [1.807, 2.05) is 24.3 Å². The van der Waals surface area contributed by atoms with Crippen LogP contribution in [0.1, 0.15) is 21.8 Å². The van der Waals surface area contributed by atoms with Crippen LogP contribution in [0.25, 0.3) is 0 Å².